The number of morpholine rings is 1. The van der Waals surface area contributed by atoms with Crippen LogP contribution in [-0.4, -0.2) is 35.7 Å². The van der Waals surface area contributed by atoms with Crippen LogP contribution in [0, 0.1) is 6.92 Å². The summed E-state index contributed by atoms with van der Waals surface area (Å²) >= 11 is 0. The van der Waals surface area contributed by atoms with Gasteiger partial charge in [0.15, 0.2) is 0 Å². The molecule has 134 valence electrons. The topological polar surface area (TPSA) is 58.9 Å². The smallest absolute Gasteiger partial charge is 0.259 e. The van der Waals surface area contributed by atoms with Crippen LogP contribution in [0.5, 0.6) is 0 Å². The van der Waals surface area contributed by atoms with E-state index < -0.39 is 0 Å². The summed E-state index contributed by atoms with van der Waals surface area (Å²) in [5.74, 6) is 0.725. The second-order valence-electron chi connectivity index (χ2n) is 6.51. The molecule has 4 rings (SSSR count). The Morgan fingerprint density at radius 1 is 1.15 bits per heavy atom. The average Bonchev–Trinajstić information content (AvgIpc) is 2.68. The number of ether oxygens (including phenoxy) is 1. The number of fused-ring (bicyclic) bond motifs is 1. The van der Waals surface area contributed by atoms with Gasteiger partial charge in [-0.05, 0) is 30.7 Å². The van der Waals surface area contributed by atoms with Gasteiger partial charge in [0.25, 0.3) is 5.56 Å². The molecule has 1 aromatic carbocycles. The van der Waals surface area contributed by atoms with Crippen LogP contribution in [-0.2, 0) is 11.3 Å². The van der Waals surface area contributed by atoms with E-state index in [9.17, 15) is 4.79 Å². The molecule has 0 unspecified atom stereocenters. The fraction of sp³-hybridized carbons (Fsp3) is 0.300. The van der Waals surface area contributed by atoms with Crippen LogP contribution in [0.25, 0.3) is 5.65 Å². The molecular formula is C20H22N4O2. The van der Waals surface area contributed by atoms with Crippen LogP contribution in [0.2, 0.25) is 0 Å². The summed E-state index contributed by atoms with van der Waals surface area (Å²) in [6.45, 7) is 5.44. The quantitative estimate of drug-likeness (QED) is 0.783. The summed E-state index contributed by atoms with van der Waals surface area (Å²) in [6, 6.07) is 13.7. The molecule has 1 saturated heterocycles. The summed E-state index contributed by atoms with van der Waals surface area (Å²) in [5, 5.41) is 3.41. The zero-order chi connectivity index (χ0) is 17.9. The molecule has 26 heavy (non-hydrogen) atoms. The predicted molar refractivity (Wildman–Crippen MR) is 103 cm³/mol. The third-order valence-corrected chi connectivity index (χ3v) is 4.55. The van der Waals surface area contributed by atoms with Gasteiger partial charge >= 0.3 is 0 Å². The van der Waals surface area contributed by atoms with Crippen molar-refractivity contribution in [2.24, 2.45) is 0 Å². The van der Waals surface area contributed by atoms with E-state index in [1.165, 1.54) is 0 Å². The molecule has 1 N–H and O–H groups in total. The highest BCUT2D eigenvalue weighted by atomic mass is 16.5. The van der Waals surface area contributed by atoms with Crippen molar-refractivity contribution in [3.8, 4) is 0 Å². The third kappa shape index (κ3) is 3.41. The van der Waals surface area contributed by atoms with Crippen molar-refractivity contribution in [1.29, 1.82) is 0 Å². The van der Waals surface area contributed by atoms with E-state index in [1.807, 2.05) is 43.5 Å². The molecular weight excluding hydrogens is 328 g/mol. The monoisotopic (exact) mass is 350 g/mol. The van der Waals surface area contributed by atoms with Crippen LogP contribution >= 0.6 is 0 Å². The first-order valence-corrected chi connectivity index (χ1v) is 8.85. The van der Waals surface area contributed by atoms with E-state index in [2.05, 4.69) is 16.3 Å². The molecule has 0 bridgehead atoms. The van der Waals surface area contributed by atoms with Gasteiger partial charge in [0.05, 0.1) is 13.2 Å². The van der Waals surface area contributed by atoms with Crippen molar-refractivity contribution < 1.29 is 4.74 Å². The van der Waals surface area contributed by atoms with Gasteiger partial charge in [-0.25, -0.2) is 4.98 Å². The molecule has 6 heteroatoms. The molecule has 1 aliphatic rings. The Bertz CT molecular complexity index is 963. The number of pyridine rings is 1. The zero-order valence-corrected chi connectivity index (χ0v) is 14.8. The average molecular weight is 350 g/mol. The molecule has 6 nitrogen and oxygen atoms in total. The number of aryl methyl sites for hydroxylation is 1. The summed E-state index contributed by atoms with van der Waals surface area (Å²) < 4.78 is 7.04. The van der Waals surface area contributed by atoms with E-state index >= 15 is 0 Å². The van der Waals surface area contributed by atoms with Crippen molar-refractivity contribution >= 4 is 17.2 Å². The molecule has 2 aromatic heterocycles. The summed E-state index contributed by atoms with van der Waals surface area (Å²) in [5.41, 5.74) is 3.72. The lowest BCUT2D eigenvalue weighted by atomic mass is 10.2. The van der Waals surface area contributed by atoms with Crippen LogP contribution in [0.15, 0.2) is 53.5 Å². The second kappa shape index (κ2) is 7.17. The molecule has 3 heterocycles. The van der Waals surface area contributed by atoms with Crippen LogP contribution in [0.1, 0.15) is 11.1 Å². The molecule has 0 amide bonds. The van der Waals surface area contributed by atoms with Crippen molar-refractivity contribution in [2.45, 2.75) is 13.5 Å². The lowest BCUT2D eigenvalue weighted by Gasteiger charge is -2.28. The maximum Gasteiger partial charge on any atom is 0.259 e. The number of aromatic nitrogens is 2. The largest absolute Gasteiger partial charge is 0.381 e. The van der Waals surface area contributed by atoms with Crippen molar-refractivity contribution in [3.05, 3.63) is 70.1 Å². The van der Waals surface area contributed by atoms with E-state index in [4.69, 9.17) is 9.72 Å². The van der Waals surface area contributed by atoms with Gasteiger partial charge in [-0.15, -0.1) is 0 Å². The zero-order valence-electron chi connectivity index (χ0n) is 14.8. The minimum Gasteiger partial charge on any atom is -0.381 e. The Kier molecular flexibility index (Phi) is 4.58. The van der Waals surface area contributed by atoms with Crippen molar-refractivity contribution in [1.82, 2.24) is 9.38 Å². The van der Waals surface area contributed by atoms with E-state index in [0.717, 1.165) is 35.7 Å². The minimum atomic E-state index is -0.0545. The Hall–Kier alpha value is -2.86. The van der Waals surface area contributed by atoms with E-state index in [-0.39, 0.29) is 5.56 Å². The third-order valence-electron chi connectivity index (χ3n) is 4.55. The number of hydrogen-bond donors (Lipinski definition) is 1. The fourth-order valence-electron chi connectivity index (χ4n) is 3.25. The summed E-state index contributed by atoms with van der Waals surface area (Å²) in [4.78, 5) is 19.6. The van der Waals surface area contributed by atoms with Crippen LogP contribution in [0.3, 0.4) is 0 Å². The molecule has 1 aliphatic heterocycles. The normalized spacial score (nSPS) is 14.6. The van der Waals surface area contributed by atoms with Gasteiger partial charge in [-0.2, -0.15) is 0 Å². The number of anilines is 2. The maximum absolute atomic E-state index is 12.7. The van der Waals surface area contributed by atoms with Gasteiger partial charge < -0.3 is 15.0 Å². The molecule has 3 aromatic rings. The Balaban J connectivity index is 1.73. The highest BCUT2D eigenvalue weighted by molar-refractivity contribution is 5.56. The van der Waals surface area contributed by atoms with E-state index in [1.54, 1.807) is 10.5 Å². The lowest BCUT2D eigenvalue weighted by Crippen LogP contribution is -2.37. The van der Waals surface area contributed by atoms with Crippen LogP contribution in [0.4, 0.5) is 11.5 Å². The molecule has 0 spiro atoms. The molecule has 1 fully saturated rings. The molecule has 0 aliphatic carbocycles. The number of hydrogen-bond acceptors (Lipinski definition) is 5. The van der Waals surface area contributed by atoms with Gasteiger partial charge in [-0.1, -0.05) is 18.2 Å². The van der Waals surface area contributed by atoms with Crippen molar-refractivity contribution in [3.63, 3.8) is 0 Å². The SMILES string of the molecule is Cc1cc(CNc2ccccc2)c2nc(N3CCOCC3)cc(=O)n2c1. The molecule has 0 atom stereocenters. The van der Waals surface area contributed by atoms with Gasteiger partial charge in [0.2, 0.25) is 0 Å². The Labute approximate surface area is 152 Å². The Morgan fingerprint density at radius 3 is 2.69 bits per heavy atom. The first kappa shape index (κ1) is 16.6. The standard InChI is InChI=1S/C20H22N4O2/c1-15-11-16(13-21-17-5-3-2-4-6-17)20-22-18(12-19(25)24(20)14-15)23-7-9-26-10-8-23/h2-6,11-12,14,21H,7-10,13H2,1H3. The molecule has 0 radical (unpaired) electrons. The number of nitrogens with zero attached hydrogens (tertiary/aromatic N) is 3. The minimum absolute atomic E-state index is 0.0545. The maximum atomic E-state index is 12.7. The number of nitrogens with one attached hydrogen (secondary N) is 1. The van der Waals surface area contributed by atoms with Gasteiger partial charge in [-0.3, -0.25) is 9.20 Å². The van der Waals surface area contributed by atoms with Gasteiger partial charge in [0, 0.05) is 43.1 Å². The Morgan fingerprint density at radius 2 is 1.92 bits per heavy atom. The summed E-state index contributed by atoms with van der Waals surface area (Å²) in [7, 11) is 0. The fourth-order valence-corrected chi connectivity index (χ4v) is 3.25. The lowest BCUT2D eigenvalue weighted by molar-refractivity contribution is 0.122. The van der Waals surface area contributed by atoms with Crippen molar-refractivity contribution in [2.75, 3.05) is 36.5 Å². The number of para-hydroxylation sites is 1. The highest BCUT2D eigenvalue weighted by Gasteiger charge is 2.15. The summed E-state index contributed by atoms with van der Waals surface area (Å²) in [6.07, 6.45) is 1.85. The highest BCUT2D eigenvalue weighted by Crippen LogP contribution is 2.17. The molecule has 0 saturated carbocycles. The first-order valence-electron chi connectivity index (χ1n) is 8.85. The predicted octanol–water partition coefficient (Wildman–Crippen LogP) is 2.45. The van der Waals surface area contributed by atoms with Crippen LogP contribution < -0.4 is 15.8 Å². The number of benzene rings is 1. The second-order valence-corrected chi connectivity index (χ2v) is 6.51. The number of rotatable bonds is 4. The first-order chi connectivity index (χ1) is 12.7. The van der Waals surface area contributed by atoms with E-state index in [0.29, 0.717) is 25.4 Å². The van der Waals surface area contributed by atoms with Gasteiger partial charge in [0.1, 0.15) is 11.5 Å².